The van der Waals surface area contributed by atoms with Crippen molar-refractivity contribution >= 4 is 0 Å². The molecule has 1 aliphatic heterocycles. The van der Waals surface area contributed by atoms with Crippen molar-refractivity contribution in [3.63, 3.8) is 0 Å². The monoisotopic (exact) mass is 225 g/mol. The Balaban J connectivity index is 1.87. The van der Waals surface area contributed by atoms with Crippen molar-refractivity contribution in [2.45, 2.75) is 64.5 Å². The smallest absolute Gasteiger partial charge is 0.0555 e. The molecule has 2 rings (SSSR count). The van der Waals surface area contributed by atoms with Crippen LogP contribution >= 0.6 is 0 Å². The first kappa shape index (κ1) is 12.4. The lowest BCUT2D eigenvalue weighted by Gasteiger charge is -2.43. The van der Waals surface area contributed by atoms with E-state index < -0.39 is 0 Å². The lowest BCUT2D eigenvalue weighted by molar-refractivity contribution is 0.0164. The third kappa shape index (κ3) is 2.78. The molecule has 0 amide bonds. The fourth-order valence-electron chi connectivity index (χ4n) is 3.48. The number of hydrogen-bond acceptors (Lipinski definition) is 2. The van der Waals surface area contributed by atoms with Crippen LogP contribution in [0.5, 0.6) is 0 Å². The fraction of sp³-hybridized carbons (Fsp3) is 1.00. The fourth-order valence-corrected chi connectivity index (χ4v) is 3.48. The van der Waals surface area contributed by atoms with Crippen LogP contribution in [0.3, 0.4) is 0 Å². The molecule has 1 aliphatic carbocycles. The Kier molecular flexibility index (Phi) is 4.26. The summed E-state index contributed by atoms with van der Waals surface area (Å²) >= 11 is 0. The molecular formula is C14H27NO. The molecular weight excluding hydrogens is 198 g/mol. The van der Waals surface area contributed by atoms with Crippen molar-refractivity contribution in [3.05, 3.63) is 0 Å². The molecule has 94 valence electrons. The van der Waals surface area contributed by atoms with E-state index in [9.17, 15) is 5.11 Å². The molecule has 2 aliphatic rings. The van der Waals surface area contributed by atoms with Gasteiger partial charge in [0.15, 0.2) is 0 Å². The van der Waals surface area contributed by atoms with Crippen LogP contribution in [-0.4, -0.2) is 35.2 Å². The second-order valence-electron chi connectivity index (χ2n) is 5.90. The highest BCUT2D eigenvalue weighted by Crippen LogP contribution is 2.31. The minimum absolute atomic E-state index is 0.0369. The van der Waals surface area contributed by atoms with E-state index in [2.05, 4.69) is 18.7 Å². The van der Waals surface area contributed by atoms with Crippen molar-refractivity contribution < 1.29 is 5.11 Å². The average molecular weight is 225 g/mol. The maximum atomic E-state index is 9.80. The standard InChI is InChI=1S/C14H27NO/c1-3-12-6-8-15(9-7-12)14-10-13(16)5-4-11(14)2/h11-14,16H,3-10H2,1-2H3. The van der Waals surface area contributed by atoms with Crippen LogP contribution in [0, 0.1) is 11.8 Å². The molecule has 0 aromatic heterocycles. The zero-order valence-corrected chi connectivity index (χ0v) is 10.9. The average Bonchev–Trinajstić information content (AvgIpc) is 2.32. The maximum absolute atomic E-state index is 9.80. The van der Waals surface area contributed by atoms with Gasteiger partial charge < -0.3 is 10.0 Å². The number of likely N-dealkylation sites (tertiary alicyclic amines) is 1. The lowest BCUT2D eigenvalue weighted by Crippen LogP contribution is -2.48. The number of aliphatic hydroxyl groups is 1. The number of piperidine rings is 1. The van der Waals surface area contributed by atoms with E-state index in [0.29, 0.717) is 6.04 Å². The van der Waals surface area contributed by atoms with Crippen molar-refractivity contribution in [2.75, 3.05) is 13.1 Å². The number of hydrogen-bond donors (Lipinski definition) is 1. The predicted octanol–water partition coefficient (Wildman–Crippen LogP) is 2.66. The van der Waals surface area contributed by atoms with Crippen molar-refractivity contribution in [1.82, 2.24) is 4.90 Å². The first-order valence-corrected chi connectivity index (χ1v) is 7.12. The molecule has 2 nitrogen and oxygen atoms in total. The normalized spacial score (nSPS) is 38.8. The summed E-state index contributed by atoms with van der Waals surface area (Å²) in [4.78, 5) is 2.65. The summed E-state index contributed by atoms with van der Waals surface area (Å²) in [5.74, 6) is 1.74. The third-order valence-electron chi connectivity index (χ3n) is 4.82. The quantitative estimate of drug-likeness (QED) is 0.781. The highest BCUT2D eigenvalue weighted by atomic mass is 16.3. The van der Waals surface area contributed by atoms with Gasteiger partial charge in [-0.05, 0) is 57.0 Å². The van der Waals surface area contributed by atoms with Crippen LogP contribution in [0.1, 0.15) is 52.4 Å². The molecule has 1 N–H and O–H groups in total. The van der Waals surface area contributed by atoms with E-state index in [0.717, 1.165) is 24.7 Å². The van der Waals surface area contributed by atoms with E-state index in [4.69, 9.17) is 0 Å². The Morgan fingerprint density at radius 3 is 2.44 bits per heavy atom. The summed E-state index contributed by atoms with van der Waals surface area (Å²) < 4.78 is 0. The van der Waals surface area contributed by atoms with Gasteiger partial charge >= 0.3 is 0 Å². The summed E-state index contributed by atoms with van der Waals surface area (Å²) in [5, 5.41) is 9.80. The van der Waals surface area contributed by atoms with Gasteiger partial charge in [0, 0.05) is 6.04 Å². The first-order valence-electron chi connectivity index (χ1n) is 7.12. The van der Waals surface area contributed by atoms with Crippen molar-refractivity contribution in [3.8, 4) is 0 Å². The summed E-state index contributed by atoms with van der Waals surface area (Å²) in [6.07, 6.45) is 7.29. The van der Waals surface area contributed by atoms with Gasteiger partial charge in [0.2, 0.25) is 0 Å². The van der Waals surface area contributed by atoms with Crippen LogP contribution in [0.25, 0.3) is 0 Å². The Labute approximate surface area is 100 Å². The van der Waals surface area contributed by atoms with Crippen molar-refractivity contribution in [2.24, 2.45) is 11.8 Å². The molecule has 1 saturated heterocycles. The van der Waals surface area contributed by atoms with E-state index in [1.165, 1.54) is 38.8 Å². The molecule has 2 heteroatoms. The molecule has 2 fully saturated rings. The molecule has 16 heavy (non-hydrogen) atoms. The predicted molar refractivity (Wildman–Crippen MR) is 67.4 cm³/mol. The second kappa shape index (κ2) is 5.50. The number of rotatable bonds is 2. The third-order valence-corrected chi connectivity index (χ3v) is 4.82. The minimum atomic E-state index is -0.0369. The van der Waals surface area contributed by atoms with E-state index in [1.807, 2.05) is 0 Å². The molecule has 3 unspecified atom stereocenters. The molecule has 0 aromatic carbocycles. The van der Waals surface area contributed by atoms with Crippen LogP contribution in [0.4, 0.5) is 0 Å². The molecule has 1 heterocycles. The SMILES string of the molecule is CCC1CCN(C2CC(O)CCC2C)CC1. The first-order chi connectivity index (χ1) is 7.70. The summed E-state index contributed by atoms with van der Waals surface area (Å²) in [6, 6.07) is 0.654. The van der Waals surface area contributed by atoms with Gasteiger partial charge in [-0.2, -0.15) is 0 Å². The lowest BCUT2D eigenvalue weighted by atomic mass is 9.81. The van der Waals surface area contributed by atoms with Gasteiger partial charge in [0.25, 0.3) is 0 Å². The van der Waals surface area contributed by atoms with E-state index >= 15 is 0 Å². The molecule has 0 radical (unpaired) electrons. The van der Waals surface area contributed by atoms with Gasteiger partial charge in [-0.3, -0.25) is 0 Å². The van der Waals surface area contributed by atoms with Gasteiger partial charge in [-0.15, -0.1) is 0 Å². The van der Waals surface area contributed by atoms with Crippen LogP contribution in [-0.2, 0) is 0 Å². The molecule has 0 spiro atoms. The largest absolute Gasteiger partial charge is 0.393 e. The van der Waals surface area contributed by atoms with Gasteiger partial charge in [-0.1, -0.05) is 20.3 Å². The number of nitrogens with zero attached hydrogens (tertiary/aromatic N) is 1. The minimum Gasteiger partial charge on any atom is -0.393 e. The highest BCUT2D eigenvalue weighted by Gasteiger charge is 2.32. The highest BCUT2D eigenvalue weighted by molar-refractivity contribution is 4.87. The van der Waals surface area contributed by atoms with E-state index in [-0.39, 0.29) is 6.10 Å². The van der Waals surface area contributed by atoms with Gasteiger partial charge in [0.05, 0.1) is 6.10 Å². The summed E-state index contributed by atoms with van der Waals surface area (Å²) in [6.45, 7) is 7.20. The summed E-state index contributed by atoms with van der Waals surface area (Å²) in [5.41, 5.74) is 0. The van der Waals surface area contributed by atoms with Crippen LogP contribution < -0.4 is 0 Å². The van der Waals surface area contributed by atoms with Gasteiger partial charge in [0.1, 0.15) is 0 Å². The zero-order chi connectivity index (χ0) is 11.5. The van der Waals surface area contributed by atoms with Crippen molar-refractivity contribution in [1.29, 1.82) is 0 Å². The maximum Gasteiger partial charge on any atom is 0.0555 e. The summed E-state index contributed by atoms with van der Waals surface area (Å²) in [7, 11) is 0. The molecule has 3 atom stereocenters. The molecule has 1 saturated carbocycles. The van der Waals surface area contributed by atoms with Crippen LogP contribution in [0.2, 0.25) is 0 Å². The Hall–Kier alpha value is -0.0800. The Morgan fingerprint density at radius 2 is 1.81 bits per heavy atom. The van der Waals surface area contributed by atoms with Crippen LogP contribution in [0.15, 0.2) is 0 Å². The number of aliphatic hydroxyl groups excluding tert-OH is 1. The zero-order valence-electron chi connectivity index (χ0n) is 10.9. The second-order valence-corrected chi connectivity index (χ2v) is 5.90. The molecule has 0 aromatic rings. The topological polar surface area (TPSA) is 23.5 Å². The van der Waals surface area contributed by atoms with Gasteiger partial charge in [-0.25, -0.2) is 0 Å². The Bertz CT molecular complexity index is 211. The van der Waals surface area contributed by atoms with E-state index in [1.54, 1.807) is 0 Å². The molecule has 0 bridgehead atoms. The Morgan fingerprint density at radius 1 is 1.12 bits per heavy atom.